The Bertz CT molecular complexity index is 1070. The number of carbonyl (C=O) groups is 2. The molecule has 2 aliphatic rings. The first-order chi connectivity index (χ1) is 16.1. The van der Waals surface area contributed by atoms with Crippen molar-refractivity contribution in [3.05, 3.63) is 58.8 Å². The third-order valence-electron chi connectivity index (χ3n) is 6.55. The number of nitrogens with zero attached hydrogens (tertiary/aromatic N) is 1. The van der Waals surface area contributed by atoms with E-state index in [1.54, 1.807) is 19.1 Å². The molecule has 4 rings (SSSR count). The molecule has 2 aromatic rings. The lowest BCUT2D eigenvalue weighted by molar-refractivity contribution is -0.137. The Balaban J connectivity index is 1.34. The second kappa shape index (κ2) is 9.61. The highest BCUT2D eigenvalue weighted by molar-refractivity contribution is 5.89. The molecule has 5 N–H and O–H groups in total. The van der Waals surface area contributed by atoms with Crippen molar-refractivity contribution in [3.63, 3.8) is 0 Å². The van der Waals surface area contributed by atoms with E-state index in [0.717, 1.165) is 29.8 Å². The van der Waals surface area contributed by atoms with Crippen LogP contribution in [0.25, 0.3) is 0 Å². The number of halogens is 3. The number of alkyl halides is 3. The first kappa shape index (κ1) is 24.0. The molecule has 0 spiro atoms. The number of nitrogen functional groups attached to an aromatic ring is 1. The number of aromatic nitrogens is 1. The van der Waals surface area contributed by atoms with E-state index in [1.165, 1.54) is 6.07 Å². The van der Waals surface area contributed by atoms with Gasteiger partial charge in [-0.15, -0.1) is 0 Å². The van der Waals surface area contributed by atoms with Crippen LogP contribution in [0.2, 0.25) is 0 Å². The molecule has 182 valence electrons. The zero-order valence-corrected chi connectivity index (χ0v) is 18.8. The maximum absolute atomic E-state index is 13.1. The average molecular weight is 476 g/mol. The molecule has 34 heavy (non-hydrogen) atoms. The molecule has 4 atom stereocenters. The molecular formula is C24H28F3N5O2. The number of pyridine rings is 1. The molecule has 1 fully saturated rings. The molecular weight excluding hydrogens is 447 g/mol. The van der Waals surface area contributed by atoms with Gasteiger partial charge in [0.25, 0.3) is 0 Å². The first-order valence-electron chi connectivity index (χ1n) is 11.4. The van der Waals surface area contributed by atoms with Crippen LogP contribution in [0.15, 0.2) is 36.4 Å². The Hall–Kier alpha value is -3.14. The monoisotopic (exact) mass is 475 g/mol. The van der Waals surface area contributed by atoms with E-state index in [1.807, 2.05) is 6.07 Å². The highest BCUT2D eigenvalue weighted by Crippen LogP contribution is 2.34. The molecule has 1 unspecified atom stereocenters. The third kappa shape index (κ3) is 5.32. The van der Waals surface area contributed by atoms with Crippen molar-refractivity contribution in [2.24, 2.45) is 0 Å². The number of fused-ring (bicyclic) bond motifs is 1. The van der Waals surface area contributed by atoms with Gasteiger partial charge in [0, 0.05) is 5.69 Å². The maximum Gasteiger partial charge on any atom is 0.416 e. The van der Waals surface area contributed by atoms with Crippen LogP contribution in [0.4, 0.5) is 19.0 Å². The number of nitrogens with two attached hydrogens (primary N) is 1. The summed E-state index contributed by atoms with van der Waals surface area (Å²) in [5.41, 5.74) is 7.39. The summed E-state index contributed by atoms with van der Waals surface area (Å²) in [6.07, 6.45) is -2.01. The van der Waals surface area contributed by atoms with E-state index in [0.29, 0.717) is 37.2 Å². The largest absolute Gasteiger partial charge is 0.416 e. The fourth-order valence-electron chi connectivity index (χ4n) is 4.70. The van der Waals surface area contributed by atoms with E-state index < -0.39 is 23.8 Å². The number of hydrogen-bond donors (Lipinski definition) is 4. The summed E-state index contributed by atoms with van der Waals surface area (Å²) in [7, 11) is 0. The second-order valence-corrected chi connectivity index (χ2v) is 8.95. The predicted molar refractivity (Wildman–Crippen MR) is 121 cm³/mol. The Kier molecular flexibility index (Phi) is 6.79. The van der Waals surface area contributed by atoms with E-state index >= 15 is 0 Å². The number of amides is 2. The molecule has 10 heteroatoms. The van der Waals surface area contributed by atoms with Crippen molar-refractivity contribution in [2.75, 3.05) is 12.3 Å². The molecule has 2 amide bonds. The van der Waals surface area contributed by atoms with Gasteiger partial charge in [0.1, 0.15) is 11.9 Å². The van der Waals surface area contributed by atoms with Crippen molar-refractivity contribution in [3.8, 4) is 0 Å². The number of carbonyl (C=O) groups excluding carboxylic acids is 2. The molecule has 1 aromatic heterocycles. The Morgan fingerprint density at radius 3 is 2.76 bits per heavy atom. The zero-order valence-electron chi connectivity index (χ0n) is 18.8. The summed E-state index contributed by atoms with van der Waals surface area (Å²) < 4.78 is 39.2. The SMILES string of the molecule is C[C@H](NC(=O)[C@H]1C[C@@H](c2cccc(C(F)(F)F)c2)CCN1)C(=O)NC1CCc2nc(N)ccc21. The maximum atomic E-state index is 13.1. The molecule has 2 heterocycles. The van der Waals surface area contributed by atoms with Crippen LogP contribution in [0, 0.1) is 0 Å². The van der Waals surface area contributed by atoms with E-state index in [9.17, 15) is 22.8 Å². The van der Waals surface area contributed by atoms with Crippen molar-refractivity contribution in [1.82, 2.24) is 20.9 Å². The lowest BCUT2D eigenvalue weighted by atomic mass is 9.85. The molecule has 1 aliphatic heterocycles. The standard InChI is InChI=1S/C24H28F3N5O2/c1-13(22(33)32-19-7-6-18-17(19)5-8-21(28)31-18)30-23(34)20-12-15(9-10-29-20)14-3-2-4-16(11-14)24(25,26)27/h2-5,8,11,13,15,19-20,29H,6-7,9-10,12H2,1H3,(H2,28,31)(H,30,34)(H,32,33)/t13-,15-,19?,20+/m0/s1. The van der Waals surface area contributed by atoms with Crippen molar-refractivity contribution in [2.45, 2.75) is 62.8 Å². The lowest BCUT2D eigenvalue weighted by Crippen LogP contribution is -2.53. The summed E-state index contributed by atoms with van der Waals surface area (Å²) in [6.45, 7) is 2.10. The lowest BCUT2D eigenvalue weighted by Gasteiger charge is -2.31. The van der Waals surface area contributed by atoms with E-state index in [4.69, 9.17) is 5.73 Å². The summed E-state index contributed by atoms with van der Waals surface area (Å²) in [5, 5.41) is 8.80. The van der Waals surface area contributed by atoms with Crippen molar-refractivity contribution in [1.29, 1.82) is 0 Å². The van der Waals surface area contributed by atoms with E-state index in [-0.39, 0.29) is 23.8 Å². The van der Waals surface area contributed by atoms with Gasteiger partial charge in [-0.1, -0.05) is 24.3 Å². The Labute approximate surface area is 195 Å². The Morgan fingerprint density at radius 2 is 2.00 bits per heavy atom. The summed E-state index contributed by atoms with van der Waals surface area (Å²) in [4.78, 5) is 29.8. The van der Waals surface area contributed by atoms with Gasteiger partial charge in [-0.2, -0.15) is 13.2 Å². The number of benzene rings is 1. The highest BCUT2D eigenvalue weighted by atomic mass is 19.4. The molecule has 0 saturated carbocycles. The number of piperidine rings is 1. The number of hydrogen-bond acceptors (Lipinski definition) is 5. The highest BCUT2D eigenvalue weighted by Gasteiger charge is 2.34. The van der Waals surface area contributed by atoms with Gasteiger partial charge in [-0.3, -0.25) is 9.59 Å². The van der Waals surface area contributed by atoms with Gasteiger partial charge in [0.2, 0.25) is 11.8 Å². The minimum atomic E-state index is -4.41. The zero-order chi connectivity index (χ0) is 24.5. The third-order valence-corrected chi connectivity index (χ3v) is 6.55. The van der Waals surface area contributed by atoms with Crippen LogP contribution >= 0.6 is 0 Å². The van der Waals surface area contributed by atoms with Gasteiger partial charge < -0.3 is 21.7 Å². The number of rotatable bonds is 5. The average Bonchev–Trinajstić information content (AvgIpc) is 3.20. The summed E-state index contributed by atoms with van der Waals surface area (Å²) in [6, 6.07) is 7.27. The van der Waals surface area contributed by atoms with Crippen molar-refractivity contribution >= 4 is 17.6 Å². The predicted octanol–water partition coefficient (Wildman–Crippen LogP) is 2.83. The molecule has 1 aromatic carbocycles. The molecule has 1 aliphatic carbocycles. The van der Waals surface area contributed by atoms with Gasteiger partial charge >= 0.3 is 6.18 Å². The van der Waals surface area contributed by atoms with Crippen LogP contribution in [-0.4, -0.2) is 35.4 Å². The fraction of sp³-hybridized carbons (Fsp3) is 0.458. The Morgan fingerprint density at radius 1 is 1.21 bits per heavy atom. The minimum Gasteiger partial charge on any atom is -0.384 e. The van der Waals surface area contributed by atoms with Gasteiger partial charge in [0.15, 0.2) is 0 Å². The van der Waals surface area contributed by atoms with Gasteiger partial charge in [0.05, 0.1) is 17.6 Å². The normalized spacial score (nSPS) is 23.1. The van der Waals surface area contributed by atoms with Crippen LogP contribution in [0.1, 0.15) is 60.5 Å². The summed E-state index contributed by atoms with van der Waals surface area (Å²) in [5.74, 6) is -0.401. The fourth-order valence-corrected chi connectivity index (χ4v) is 4.70. The molecule has 0 bridgehead atoms. The molecule has 0 radical (unpaired) electrons. The number of anilines is 1. The van der Waals surface area contributed by atoms with Gasteiger partial charge in [-0.25, -0.2) is 4.98 Å². The molecule has 7 nitrogen and oxygen atoms in total. The minimum absolute atomic E-state index is 0.182. The second-order valence-electron chi connectivity index (χ2n) is 8.95. The van der Waals surface area contributed by atoms with Crippen LogP contribution in [0.3, 0.4) is 0 Å². The molecule has 1 saturated heterocycles. The summed E-state index contributed by atoms with van der Waals surface area (Å²) >= 11 is 0. The van der Waals surface area contributed by atoms with Crippen LogP contribution in [0.5, 0.6) is 0 Å². The number of aryl methyl sites for hydroxylation is 1. The van der Waals surface area contributed by atoms with Gasteiger partial charge in [-0.05, 0) is 68.3 Å². The van der Waals surface area contributed by atoms with Crippen molar-refractivity contribution < 1.29 is 22.8 Å². The smallest absolute Gasteiger partial charge is 0.384 e. The van der Waals surface area contributed by atoms with Crippen LogP contribution in [-0.2, 0) is 22.2 Å². The first-order valence-corrected chi connectivity index (χ1v) is 11.4. The number of nitrogens with one attached hydrogen (secondary N) is 3. The van der Waals surface area contributed by atoms with E-state index in [2.05, 4.69) is 20.9 Å². The topological polar surface area (TPSA) is 109 Å². The quantitative estimate of drug-likeness (QED) is 0.532. The van der Waals surface area contributed by atoms with Crippen LogP contribution < -0.4 is 21.7 Å².